The second-order valence-electron chi connectivity index (χ2n) is 5.23. The quantitative estimate of drug-likeness (QED) is 0.519. The van der Waals surface area contributed by atoms with Crippen molar-refractivity contribution < 1.29 is 0 Å². The topological polar surface area (TPSA) is 25.8 Å². The summed E-state index contributed by atoms with van der Waals surface area (Å²) < 4.78 is 0. The molecule has 0 atom stereocenters. The van der Waals surface area contributed by atoms with E-state index < -0.39 is 0 Å². The summed E-state index contributed by atoms with van der Waals surface area (Å²) in [5, 5.41) is 2.52. The van der Waals surface area contributed by atoms with Crippen LogP contribution in [0.25, 0.3) is 33.2 Å². The fourth-order valence-corrected chi connectivity index (χ4v) is 2.68. The van der Waals surface area contributed by atoms with E-state index in [1.165, 1.54) is 21.9 Å². The third kappa shape index (κ3) is 2.35. The zero-order valence-corrected chi connectivity index (χ0v) is 12.0. The first kappa shape index (κ1) is 12.7. The Morgan fingerprint density at radius 1 is 0.591 bits per heavy atom. The third-order valence-electron chi connectivity index (χ3n) is 3.80. The average Bonchev–Trinajstić information content (AvgIpc) is 2.62. The summed E-state index contributed by atoms with van der Waals surface area (Å²) in [6, 6.07) is 23.4. The van der Waals surface area contributed by atoms with Crippen molar-refractivity contribution in [3.63, 3.8) is 0 Å². The lowest BCUT2D eigenvalue weighted by Gasteiger charge is -2.06. The standard InChI is InChI=1S/C20H14N2/c1-2-5-16-12-18(9-8-15(16)4-1)17-6-3-7-19(13-17)20-14-21-10-11-22-20/h1-14H. The molecule has 1 heterocycles. The molecule has 0 N–H and O–H groups in total. The van der Waals surface area contributed by atoms with Gasteiger partial charge >= 0.3 is 0 Å². The Labute approximate surface area is 129 Å². The van der Waals surface area contributed by atoms with Gasteiger partial charge in [-0.25, -0.2) is 0 Å². The van der Waals surface area contributed by atoms with Crippen LogP contribution < -0.4 is 0 Å². The van der Waals surface area contributed by atoms with Crippen molar-refractivity contribution in [2.24, 2.45) is 0 Å². The number of nitrogens with zero attached hydrogens (tertiary/aromatic N) is 2. The molecule has 0 saturated carbocycles. The fourth-order valence-electron chi connectivity index (χ4n) is 2.68. The summed E-state index contributed by atoms with van der Waals surface area (Å²) in [4.78, 5) is 8.51. The smallest absolute Gasteiger partial charge is 0.0885 e. The van der Waals surface area contributed by atoms with Crippen LogP contribution in [-0.2, 0) is 0 Å². The zero-order valence-electron chi connectivity index (χ0n) is 12.0. The monoisotopic (exact) mass is 282 g/mol. The Morgan fingerprint density at radius 3 is 2.27 bits per heavy atom. The molecule has 0 bridgehead atoms. The van der Waals surface area contributed by atoms with Crippen molar-refractivity contribution >= 4 is 10.8 Å². The van der Waals surface area contributed by atoms with Gasteiger partial charge in [0, 0.05) is 18.0 Å². The van der Waals surface area contributed by atoms with Crippen LogP contribution in [0.2, 0.25) is 0 Å². The van der Waals surface area contributed by atoms with E-state index in [-0.39, 0.29) is 0 Å². The summed E-state index contributed by atoms with van der Waals surface area (Å²) in [6.45, 7) is 0. The molecule has 0 spiro atoms. The number of rotatable bonds is 2. The SMILES string of the molecule is c1cc(-c2ccc3ccccc3c2)cc(-c2cnccn2)c1. The molecule has 2 heteroatoms. The molecule has 0 radical (unpaired) electrons. The molecule has 0 aliphatic rings. The molecule has 2 nitrogen and oxygen atoms in total. The summed E-state index contributed by atoms with van der Waals surface area (Å²) in [5.74, 6) is 0. The maximum atomic E-state index is 4.37. The molecular weight excluding hydrogens is 268 g/mol. The first-order valence-electron chi connectivity index (χ1n) is 7.26. The Hall–Kier alpha value is -3.00. The van der Waals surface area contributed by atoms with E-state index in [0.717, 1.165) is 11.3 Å². The largest absolute Gasteiger partial charge is 0.261 e. The molecule has 0 fully saturated rings. The van der Waals surface area contributed by atoms with E-state index in [0.29, 0.717) is 0 Å². The maximum Gasteiger partial charge on any atom is 0.0885 e. The van der Waals surface area contributed by atoms with Gasteiger partial charge in [0.1, 0.15) is 0 Å². The highest BCUT2D eigenvalue weighted by Gasteiger charge is 2.03. The van der Waals surface area contributed by atoms with Gasteiger partial charge in [0.25, 0.3) is 0 Å². The minimum Gasteiger partial charge on any atom is -0.261 e. The van der Waals surface area contributed by atoms with Gasteiger partial charge in [-0.1, -0.05) is 54.6 Å². The molecule has 0 saturated heterocycles. The summed E-state index contributed by atoms with van der Waals surface area (Å²) in [6.07, 6.45) is 5.20. The van der Waals surface area contributed by atoms with Crippen molar-refractivity contribution in [3.8, 4) is 22.4 Å². The van der Waals surface area contributed by atoms with Crippen LogP contribution in [0.15, 0.2) is 85.3 Å². The van der Waals surface area contributed by atoms with E-state index in [1.807, 2.05) is 0 Å². The molecule has 104 valence electrons. The molecule has 4 aromatic rings. The number of hydrogen-bond donors (Lipinski definition) is 0. The molecule has 22 heavy (non-hydrogen) atoms. The van der Waals surface area contributed by atoms with Gasteiger partial charge in [0.2, 0.25) is 0 Å². The molecule has 3 aromatic carbocycles. The minimum absolute atomic E-state index is 0.894. The molecule has 0 amide bonds. The van der Waals surface area contributed by atoms with E-state index in [2.05, 4.69) is 76.7 Å². The highest BCUT2D eigenvalue weighted by Crippen LogP contribution is 2.27. The van der Waals surface area contributed by atoms with Gasteiger partial charge in [-0.3, -0.25) is 9.97 Å². The van der Waals surface area contributed by atoms with Gasteiger partial charge in [0.15, 0.2) is 0 Å². The Bertz CT molecular complexity index is 930. The molecule has 0 unspecified atom stereocenters. The van der Waals surface area contributed by atoms with Crippen LogP contribution in [0, 0.1) is 0 Å². The Morgan fingerprint density at radius 2 is 1.41 bits per heavy atom. The highest BCUT2D eigenvalue weighted by molar-refractivity contribution is 5.87. The zero-order chi connectivity index (χ0) is 14.8. The van der Waals surface area contributed by atoms with Crippen LogP contribution in [0.4, 0.5) is 0 Å². The van der Waals surface area contributed by atoms with E-state index in [4.69, 9.17) is 0 Å². The number of hydrogen-bond acceptors (Lipinski definition) is 2. The first-order chi connectivity index (χ1) is 10.9. The van der Waals surface area contributed by atoms with Crippen molar-refractivity contribution in [1.29, 1.82) is 0 Å². The van der Waals surface area contributed by atoms with E-state index in [9.17, 15) is 0 Å². The van der Waals surface area contributed by atoms with Crippen molar-refractivity contribution in [3.05, 3.63) is 85.3 Å². The first-order valence-corrected chi connectivity index (χ1v) is 7.26. The summed E-state index contributed by atoms with van der Waals surface area (Å²) in [7, 11) is 0. The third-order valence-corrected chi connectivity index (χ3v) is 3.80. The highest BCUT2D eigenvalue weighted by atomic mass is 14.8. The van der Waals surface area contributed by atoms with Crippen LogP contribution in [0.1, 0.15) is 0 Å². The van der Waals surface area contributed by atoms with Crippen LogP contribution in [0.5, 0.6) is 0 Å². The van der Waals surface area contributed by atoms with Crippen LogP contribution in [-0.4, -0.2) is 9.97 Å². The number of benzene rings is 3. The lowest BCUT2D eigenvalue weighted by Crippen LogP contribution is -1.85. The lowest BCUT2D eigenvalue weighted by atomic mass is 9.99. The van der Waals surface area contributed by atoms with Crippen molar-refractivity contribution in [2.75, 3.05) is 0 Å². The van der Waals surface area contributed by atoms with Crippen molar-refractivity contribution in [2.45, 2.75) is 0 Å². The van der Waals surface area contributed by atoms with Gasteiger partial charge in [-0.05, 0) is 34.0 Å². The van der Waals surface area contributed by atoms with E-state index >= 15 is 0 Å². The number of fused-ring (bicyclic) bond motifs is 1. The number of aromatic nitrogens is 2. The predicted octanol–water partition coefficient (Wildman–Crippen LogP) is 4.96. The second kappa shape index (κ2) is 5.41. The van der Waals surface area contributed by atoms with Gasteiger partial charge in [-0.2, -0.15) is 0 Å². The summed E-state index contributed by atoms with van der Waals surface area (Å²) in [5.41, 5.74) is 4.38. The van der Waals surface area contributed by atoms with Crippen molar-refractivity contribution in [1.82, 2.24) is 9.97 Å². The van der Waals surface area contributed by atoms with Gasteiger partial charge in [0.05, 0.1) is 11.9 Å². The fraction of sp³-hybridized carbons (Fsp3) is 0. The van der Waals surface area contributed by atoms with Gasteiger partial charge < -0.3 is 0 Å². The summed E-state index contributed by atoms with van der Waals surface area (Å²) >= 11 is 0. The second-order valence-corrected chi connectivity index (χ2v) is 5.23. The van der Waals surface area contributed by atoms with Gasteiger partial charge in [-0.15, -0.1) is 0 Å². The van der Waals surface area contributed by atoms with E-state index in [1.54, 1.807) is 18.6 Å². The van der Waals surface area contributed by atoms with Crippen LogP contribution in [0.3, 0.4) is 0 Å². The Kier molecular flexibility index (Phi) is 3.13. The molecule has 0 aliphatic heterocycles. The molecule has 0 aliphatic carbocycles. The predicted molar refractivity (Wildman–Crippen MR) is 90.4 cm³/mol. The lowest BCUT2D eigenvalue weighted by molar-refractivity contribution is 1.21. The Balaban J connectivity index is 1.81. The normalized spacial score (nSPS) is 10.7. The molecular formula is C20H14N2. The van der Waals surface area contributed by atoms with Crippen LogP contribution >= 0.6 is 0 Å². The maximum absolute atomic E-state index is 4.37. The minimum atomic E-state index is 0.894. The molecule has 1 aromatic heterocycles. The average molecular weight is 282 g/mol. The molecule has 4 rings (SSSR count).